The summed E-state index contributed by atoms with van der Waals surface area (Å²) in [6, 6.07) is 14.9. The molecule has 4 rings (SSSR count). The Hall–Kier alpha value is -3.63. The van der Waals surface area contributed by atoms with E-state index in [1.165, 1.54) is 35.6 Å². The summed E-state index contributed by atoms with van der Waals surface area (Å²) >= 11 is 1.40. The lowest BCUT2D eigenvalue weighted by Crippen LogP contribution is -2.52. The first-order chi connectivity index (χ1) is 17.6. The maximum Gasteiger partial charge on any atom is 0.252 e. The number of anilines is 1. The van der Waals surface area contributed by atoms with Crippen molar-refractivity contribution in [1.29, 1.82) is 0 Å². The molecule has 2 aromatic carbocycles. The number of benzene rings is 2. The molecule has 1 aliphatic rings. The van der Waals surface area contributed by atoms with E-state index in [0.717, 1.165) is 29.2 Å². The van der Waals surface area contributed by atoms with Gasteiger partial charge in [0.1, 0.15) is 11.4 Å². The fraction of sp³-hybridized carbons (Fsp3) is 0.333. The first-order valence-electron chi connectivity index (χ1n) is 12.0. The normalized spacial score (nSPS) is 14.3. The molecule has 0 saturated carbocycles. The van der Waals surface area contributed by atoms with Crippen molar-refractivity contribution in [3.63, 3.8) is 0 Å². The van der Waals surface area contributed by atoms with Gasteiger partial charge in [0.05, 0.1) is 5.69 Å². The van der Waals surface area contributed by atoms with Crippen molar-refractivity contribution in [2.24, 2.45) is 0 Å². The number of aromatic nitrogens is 1. The summed E-state index contributed by atoms with van der Waals surface area (Å²) in [5.41, 5.74) is 0.756. The maximum atomic E-state index is 13.2. The van der Waals surface area contributed by atoms with E-state index in [2.05, 4.69) is 15.5 Å². The number of thiazole rings is 1. The van der Waals surface area contributed by atoms with Crippen molar-refractivity contribution in [2.45, 2.75) is 32.9 Å². The monoisotopic (exact) mass is 523 g/mol. The van der Waals surface area contributed by atoms with Crippen LogP contribution in [0.5, 0.6) is 0 Å². The van der Waals surface area contributed by atoms with Crippen molar-refractivity contribution in [3.05, 3.63) is 70.9 Å². The Morgan fingerprint density at radius 3 is 2.27 bits per heavy atom. The molecule has 3 amide bonds. The van der Waals surface area contributed by atoms with Crippen LogP contribution in [0.3, 0.4) is 0 Å². The van der Waals surface area contributed by atoms with E-state index >= 15 is 0 Å². The van der Waals surface area contributed by atoms with Crippen molar-refractivity contribution < 1.29 is 18.8 Å². The van der Waals surface area contributed by atoms with E-state index < -0.39 is 23.2 Å². The molecule has 0 bridgehead atoms. The van der Waals surface area contributed by atoms with Crippen LogP contribution in [0, 0.1) is 5.82 Å². The summed E-state index contributed by atoms with van der Waals surface area (Å²) in [4.78, 5) is 47.3. The number of nitrogens with one attached hydrogen (secondary N) is 2. The van der Waals surface area contributed by atoms with Gasteiger partial charge in [0.2, 0.25) is 5.91 Å². The zero-order chi connectivity index (χ0) is 26.6. The van der Waals surface area contributed by atoms with Crippen molar-refractivity contribution in [3.8, 4) is 11.3 Å². The van der Waals surface area contributed by atoms with Crippen LogP contribution in [0.25, 0.3) is 11.3 Å². The zero-order valence-corrected chi connectivity index (χ0v) is 21.9. The Morgan fingerprint density at radius 1 is 1.00 bits per heavy atom. The van der Waals surface area contributed by atoms with Gasteiger partial charge in [-0.3, -0.25) is 24.6 Å². The first kappa shape index (κ1) is 26.4. The average Bonchev–Trinajstić information content (AvgIpc) is 3.26. The molecule has 0 atom stereocenters. The van der Waals surface area contributed by atoms with Gasteiger partial charge in [-0.15, -0.1) is 0 Å². The second kappa shape index (κ2) is 11.2. The number of carbonyl (C=O) groups is 3. The quantitative estimate of drug-likeness (QED) is 0.492. The predicted molar refractivity (Wildman–Crippen MR) is 142 cm³/mol. The molecule has 1 aliphatic heterocycles. The highest BCUT2D eigenvalue weighted by atomic mass is 32.1. The molecule has 10 heteroatoms. The minimum Gasteiger partial charge on any atom is -0.340 e. The summed E-state index contributed by atoms with van der Waals surface area (Å²) in [7, 11) is 0. The lowest BCUT2D eigenvalue weighted by Gasteiger charge is -2.34. The zero-order valence-electron chi connectivity index (χ0n) is 21.1. The summed E-state index contributed by atoms with van der Waals surface area (Å²) < 4.78 is 13.2. The average molecular weight is 524 g/mol. The molecule has 194 valence electrons. The van der Waals surface area contributed by atoms with Crippen LogP contribution >= 0.6 is 11.3 Å². The van der Waals surface area contributed by atoms with Crippen LogP contribution in [-0.4, -0.2) is 64.2 Å². The molecule has 0 radical (unpaired) electrons. The van der Waals surface area contributed by atoms with Gasteiger partial charge >= 0.3 is 0 Å². The van der Waals surface area contributed by atoms with Gasteiger partial charge in [0.25, 0.3) is 11.8 Å². The molecule has 2 N–H and O–H groups in total. The smallest absolute Gasteiger partial charge is 0.252 e. The van der Waals surface area contributed by atoms with Crippen LogP contribution in [0.4, 0.5) is 9.52 Å². The Kier molecular flexibility index (Phi) is 7.99. The summed E-state index contributed by atoms with van der Waals surface area (Å²) in [5.74, 6) is -1.25. The number of nitrogens with zero attached hydrogens (tertiary/aromatic N) is 3. The van der Waals surface area contributed by atoms with E-state index in [4.69, 9.17) is 4.98 Å². The number of amides is 3. The fourth-order valence-corrected chi connectivity index (χ4v) is 5.05. The maximum absolute atomic E-state index is 13.2. The van der Waals surface area contributed by atoms with Crippen LogP contribution in [0.1, 0.15) is 36.0 Å². The number of carbonyl (C=O) groups excluding carboxylic acids is 3. The highest BCUT2D eigenvalue weighted by Crippen LogP contribution is 2.33. The van der Waals surface area contributed by atoms with Gasteiger partial charge in [0, 0.05) is 55.7 Å². The van der Waals surface area contributed by atoms with Crippen molar-refractivity contribution in [1.82, 2.24) is 20.1 Å². The number of rotatable bonds is 7. The third kappa shape index (κ3) is 6.58. The molecule has 1 fully saturated rings. The lowest BCUT2D eigenvalue weighted by molar-refractivity contribution is -0.130. The van der Waals surface area contributed by atoms with Crippen LogP contribution in [0.2, 0.25) is 0 Å². The Morgan fingerprint density at radius 2 is 1.65 bits per heavy atom. The van der Waals surface area contributed by atoms with Gasteiger partial charge < -0.3 is 10.2 Å². The highest BCUT2D eigenvalue weighted by Gasteiger charge is 2.31. The Labute approximate surface area is 219 Å². The number of halogens is 1. The molecule has 37 heavy (non-hydrogen) atoms. The summed E-state index contributed by atoms with van der Waals surface area (Å²) in [6.45, 7) is 8.32. The molecule has 0 aliphatic carbocycles. The van der Waals surface area contributed by atoms with Gasteiger partial charge in [-0.1, -0.05) is 41.7 Å². The van der Waals surface area contributed by atoms with E-state index in [0.29, 0.717) is 24.8 Å². The molecule has 1 aromatic heterocycles. The standard InChI is InChI=1S/C27H30FN5O3S/c1-18(34)33-15-13-32(14-16-33)17-22-23(19-7-5-4-6-8-19)29-26(37-22)30-25(36)27(2,3)31-24(35)20-9-11-21(28)12-10-20/h4-12H,13-17H2,1-3H3,(H,31,35)(H,29,30,36). The van der Waals surface area contributed by atoms with E-state index in [9.17, 15) is 18.8 Å². The van der Waals surface area contributed by atoms with Gasteiger partial charge in [-0.2, -0.15) is 0 Å². The van der Waals surface area contributed by atoms with Crippen LogP contribution in [0.15, 0.2) is 54.6 Å². The topological polar surface area (TPSA) is 94.6 Å². The molecular weight excluding hydrogens is 493 g/mol. The summed E-state index contributed by atoms with van der Waals surface area (Å²) in [5, 5.41) is 6.00. The summed E-state index contributed by atoms with van der Waals surface area (Å²) in [6.07, 6.45) is 0. The number of hydrogen-bond acceptors (Lipinski definition) is 6. The molecule has 0 spiro atoms. The van der Waals surface area contributed by atoms with Gasteiger partial charge in [-0.05, 0) is 38.1 Å². The van der Waals surface area contributed by atoms with Crippen LogP contribution < -0.4 is 10.6 Å². The molecule has 3 aromatic rings. The van der Waals surface area contributed by atoms with Crippen LogP contribution in [-0.2, 0) is 16.1 Å². The number of piperazine rings is 1. The molecule has 1 saturated heterocycles. The fourth-order valence-electron chi connectivity index (χ4n) is 4.03. The van der Waals surface area contributed by atoms with E-state index in [1.54, 1.807) is 20.8 Å². The molecule has 0 unspecified atom stereocenters. The van der Waals surface area contributed by atoms with Crippen molar-refractivity contribution >= 4 is 34.2 Å². The molecule has 8 nitrogen and oxygen atoms in total. The predicted octanol–water partition coefficient (Wildman–Crippen LogP) is 3.76. The number of hydrogen-bond donors (Lipinski definition) is 2. The van der Waals surface area contributed by atoms with Crippen molar-refractivity contribution in [2.75, 3.05) is 31.5 Å². The SMILES string of the molecule is CC(=O)N1CCN(Cc2sc(NC(=O)C(C)(C)NC(=O)c3ccc(F)cc3)nc2-c2ccccc2)CC1. The Balaban J connectivity index is 1.49. The third-order valence-corrected chi connectivity index (χ3v) is 7.21. The minimum absolute atomic E-state index is 0.0848. The van der Waals surface area contributed by atoms with Gasteiger partial charge in [-0.25, -0.2) is 9.37 Å². The van der Waals surface area contributed by atoms with E-state index in [1.807, 2.05) is 35.2 Å². The second-order valence-corrected chi connectivity index (χ2v) is 10.6. The Bertz CT molecular complexity index is 1270. The molecular formula is C27H30FN5O3S. The van der Waals surface area contributed by atoms with Gasteiger partial charge in [0.15, 0.2) is 5.13 Å². The second-order valence-electron chi connectivity index (χ2n) is 9.48. The largest absolute Gasteiger partial charge is 0.340 e. The first-order valence-corrected chi connectivity index (χ1v) is 12.9. The minimum atomic E-state index is -1.24. The van der Waals surface area contributed by atoms with E-state index in [-0.39, 0.29) is 11.5 Å². The lowest BCUT2D eigenvalue weighted by atomic mass is 10.0. The molecule has 2 heterocycles. The third-order valence-electron chi connectivity index (χ3n) is 6.25. The highest BCUT2D eigenvalue weighted by molar-refractivity contribution is 7.16.